The molecule has 6 heteroatoms. The van der Waals surface area contributed by atoms with Crippen molar-refractivity contribution in [3.8, 4) is 0 Å². The normalized spacial score (nSPS) is 19.6. The lowest BCUT2D eigenvalue weighted by atomic mass is 10.1. The largest absolute Gasteiger partial charge is 0.381 e. The van der Waals surface area contributed by atoms with Crippen LogP contribution in [0.15, 0.2) is 0 Å². The highest BCUT2D eigenvalue weighted by Gasteiger charge is 2.27. The second-order valence-electron chi connectivity index (χ2n) is 4.52. The summed E-state index contributed by atoms with van der Waals surface area (Å²) in [4.78, 5) is 2.00. The minimum Gasteiger partial charge on any atom is -0.381 e. The average Bonchev–Trinajstić information content (AvgIpc) is 2.17. The van der Waals surface area contributed by atoms with Gasteiger partial charge in [-0.3, -0.25) is 0 Å². The van der Waals surface area contributed by atoms with Crippen molar-refractivity contribution in [1.29, 1.82) is 0 Å². The molecule has 96 valence electrons. The Labute approximate surface area is 98.4 Å². The van der Waals surface area contributed by atoms with E-state index in [1.54, 1.807) is 4.31 Å². The molecule has 0 amide bonds. The third-order valence-corrected chi connectivity index (χ3v) is 4.12. The molecule has 1 saturated heterocycles. The minimum atomic E-state index is -3.11. The van der Waals surface area contributed by atoms with Crippen LogP contribution in [0.3, 0.4) is 0 Å². The molecule has 0 spiro atoms. The number of hydrogen-bond acceptors (Lipinski definition) is 4. The molecule has 0 unspecified atom stereocenters. The molecule has 1 rings (SSSR count). The predicted octanol–water partition coefficient (Wildman–Crippen LogP) is -0.0114. The fraction of sp³-hybridized carbons (Fsp3) is 1.00. The molecule has 16 heavy (non-hydrogen) atoms. The lowest BCUT2D eigenvalue weighted by Gasteiger charge is -2.33. The second-order valence-corrected chi connectivity index (χ2v) is 6.46. The standard InChI is InChI=1S/C10H22N2O3S/c1-11(2)6-7-12(16(3,13)14)10-4-8-15-9-5-10/h10H,4-9H2,1-3H3. The van der Waals surface area contributed by atoms with Crippen LogP contribution in [0.1, 0.15) is 12.8 Å². The fourth-order valence-electron chi connectivity index (χ4n) is 1.89. The molecule has 1 aliphatic rings. The number of ether oxygens (including phenoxy) is 1. The summed E-state index contributed by atoms with van der Waals surface area (Å²) in [5.41, 5.74) is 0. The van der Waals surface area contributed by atoms with Crippen molar-refractivity contribution in [3.05, 3.63) is 0 Å². The van der Waals surface area contributed by atoms with Crippen LogP contribution < -0.4 is 0 Å². The highest BCUT2D eigenvalue weighted by molar-refractivity contribution is 7.88. The highest BCUT2D eigenvalue weighted by Crippen LogP contribution is 2.17. The van der Waals surface area contributed by atoms with Gasteiger partial charge >= 0.3 is 0 Å². The molecular weight excluding hydrogens is 228 g/mol. The van der Waals surface area contributed by atoms with Gasteiger partial charge in [-0.2, -0.15) is 4.31 Å². The van der Waals surface area contributed by atoms with Crippen molar-refractivity contribution in [2.45, 2.75) is 18.9 Å². The van der Waals surface area contributed by atoms with Gasteiger partial charge in [0.05, 0.1) is 6.26 Å². The van der Waals surface area contributed by atoms with Crippen LogP contribution in [0, 0.1) is 0 Å². The summed E-state index contributed by atoms with van der Waals surface area (Å²) >= 11 is 0. The van der Waals surface area contributed by atoms with Crippen molar-refractivity contribution in [2.75, 3.05) is 46.7 Å². The molecular formula is C10H22N2O3S. The van der Waals surface area contributed by atoms with Crippen molar-refractivity contribution in [2.24, 2.45) is 0 Å². The van der Waals surface area contributed by atoms with Gasteiger partial charge in [-0.1, -0.05) is 0 Å². The molecule has 0 saturated carbocycles. The summed E-state index contributed by atoms with van der Waals surface area (Å²) in [6.45, 7) is 2.65. The number of likely N-dealkylation sites (N-methyl/N-ethyl adjacent to an activating group) is 1. The molecule has 0 bridgehead atoms. The van der Waals surface area contributed by atoms with Gasteiger partial charge in [0, 0.05) is 32.3 Å². The molecule has 1 heterocycles. The Bertz CT molecular complexity index is 297. The Morgan fingerprint density at radius 3 is 2.19 bits per heavy atom. The number of sulfonamides is 1. The first-order valence-corrected chi connectivity index (χ1v) is 7.45. The minimum absolute atomic E-state index is 0.115. The summed E-state index contributed by atoms with van der Waals surface area (Å²) < 4.78 is 30.3. The van der Waals surface area contributed by atoms with Crippen molar-refractivity contribution in [1.82, 2.24) is 9.21 Å². The average molecular weight is 250 g/mol. The molecule has 1 fully saturated rings. The zero-order valence-corrected chi connectivity index (χ0v) is 11.2. The summed E-state index contributed by atoms with van der Waals surface area (Å²) in [6.07, 6.45) is 2.90. The van der Waals surface area contributed by atoms with Crippen LogP contribution in [-0.2, 0) is 14.8 Å². The summed E-state index contributed by atoms with van der Waals surface area (Å²) in [6, 6.07) is 0.115. The number of rotatable bonds is 5. The third-order valence-electron chi connectivity index (χ3n) is 2.79. The monoisotopic (exact) mass is 250 g/mol. The third kappa shape index (κ3) is 4.37. The molecule has 0 N–H and O–H groups in total. The van der Waals surface area contributed by atoms with Crippen LogP contribution in [-0.4, -0.2) is 70.3 Å². The smallest absolute Gasteiger partial charge is 0.211 e. The van der Waals surface area contributed by atoms with E-state index in [4.69, 9.17) is 4.74 Å². The van der Waals surface area contributed by atoms with E-state index in [2.05, 4.69) is 0 Å². The van der Waals surface area contributed by atoms with Gasteiger partial charge in [0.2, 0.25) is 10.0 Å². The lowest BCUT2D eigenvalue weighted by molar-refractivity contribution is 0.0575. The Morgan fingerprint density at radius 1 is 1.19 bits per heavy atom. The van der Waals surface area contributed by atoms with Crippen molar-refractivity contribution in [3.63, 3.8) is 0 Å². The molecule has 0 aromatic rings. The van der Waals surface area contributed by atoms with E-state index < -0.39 is 10.0 Å². The van der Waals surface area contributed by atoms with E-state index in [0.29, 0.717) is 19.8 Å². The molecule has 1 aliphatic heterocycles. The fourth-order valence-corrected chi connectivity index (χ4v) is 3.06. The summed E-state index contributed by atoms with van der Waals surface area (Å²) in [7, 11) is 0.789. The quantitative estimate of drug-likeness (QED) is 0.688. The van der Waals surface area contributed by atoms with Gasteiger partial charge < -0.3 is 9.64 Å². The van der Waals surface area contributed by atoms with E-state index >= 15 is 0 Å². The van der Waals surface area contributed by atoms with Gasteiger partial charge in [0.15, 0.2) is 0 Å². The maximum absolute atomic E-state index is 11.7. The van der Waals surface area contributed by atoms with E-state index in [9.17, 15) is 8.42 Å². The van der Waals surface area contributed by atoms with Gasteiger partial charge in [0.1, 0.15) is 0 Å². The number of nitrogens with zero attached hydrogens (tertiary/aromatic N) is 2. The Hall–Kier alpha value is -0.170. The first-order chi connectivity index (χ1) is 7.41. The molecule has 0 aliphatic carbocycles. The Morgan fingerprint density at radius 2 is 1.75 bits per heavy atom. The highest BCUT2D eigenvalue weighted by atomic mass is 32.2. The number of hydrogen-bond donors (Lipinski definition) is 0. The lowest BCUT2D eigenvalue weighted by Crippen LogP contribution is -2.45. The Kier molecular flexibility index (Phi) is 5.17. The molecule has 0 atom stereocenters. The predicted molar refractivity (Wildman–Crippen MR) is 63.9 cm³/mol. The molecule has 5 nitrogen and oxygen atoms in total. The molecule has 0 radical (unpaired) electrons. The van der Waals surface area contributed by atoms with E-state index in [-0.39, 0.29) is 6.04 Å². The van der Waals surface area contributed by atoms with E-state index in [1.165, 1.54) is 6.26 Å². The van der Waals surface area contributed by atoms with Gasteiger partial charge in [-0.05, 0) is 26.9 Å². The van der Waals surface area contributed by atoms with Crippen LogP contribution in [0.4, 0.5) is 0 Å². The van der Waals surface area contributed by atoms with Crippen LogP contribution in [0.5, 0.6) is 0 Å². The van der Waals surface area contributed by atoms with Crippen molar-refractivity contribution >= 4 is 10.0 Å². The first-order valence-electron chi connectivity index (χ1n) is 5.60. The van der Waals surface area contributed by atoms with Crippen LogP contribution >= 0.6 is 0 Å². The molecule has 0 aromatic heterocycles. The zero-order valence-electron chi connectivity index (χ0n) is 10.3. The maximum atomic E-state index is 11.7. The van der Waals surface area contributed by atoms with Gasteiger partial charge in [-0.25, -0.2) is 8.42 Å². The first kappa shape index (κ1) is 13.9. The summed E-state index contributed by atoms with van der Waals surface area (Å²) in [5, 5.41) is 0. The van der Waals surface area contributed by atoms with Crippen LogP contribution in [0.2, 0.25) is 0 Å². The second kappa shape index (κ2) is 5.95. The Balaban J connectivity index is 2.63. The van der Waals surface area contributed by atoms with E-state index in [0.717, 1.165) is 19.4 Å². The zero-order chi connectivity index (χ0) is 12.2. The van der Waals surface area contributed by atoms with Gasteiger partial charge in [0.25, 0.3) is 0 Å². The van der Waals surface area contributed by atoms with Crippen molar-refractivity contribution < 1.29 is 13.2 Å². The van der Waals surface area contributed by atoms with Gasteiger partial charge in [-0.15, -0.1) is 0 Å². The summed E-state index contributed by atoms with van der Waals surface area (Å²) in [5.74, 6) is 0. The SMILES string of the molecule is CN(C)CCN(C1CCOCC1)S(C)(=O)=O. The van der Waals surface area contributed by atoms with Crippen LogP contribution in [0.25, 0.3) is 0 Å². The maximum Gasteiger partial charge on any atom is 0.211 e. The van der Waals surface area contributed by atoms with E-state index in [1.807, 2.05) is 19.0 Å². The molecule has 0 aromatic carbocycles. The topological polar surface area (TPSA) is 49.9 Å².